The molecule has 104 valence electrons. The molecule has 1 heterocycles. The Labute approximate surface area is 131 Å². The molecule has 1 aromatic carbocycles. The van der Waals surface area contributed by atoms with E-state index in [1.165, 1.54) is 12.0 Å². The molecular weight excluding hydrogens is 251 g/mol. The number of nitrogens with zero attached hydrogens (tertiary/aromatic N) is 2. The Hall–Kier alpha value is -1.28. The zero-order valence-electron chi connectivity index (χ0n) is 11.4. The normalized spacial score (nSPS) is 23.1. The average Bonchev–Trinajstić information content (AvgIpc) is 2.40. The molecule has 1 unspecified atom stereocenters. The number of likely N-dealkylation sites (N-methyl/N-ethyl adjacent to an activating group) is 1. The minimum absolute atomic E-state index is 0. The molecule has 20 heavy (non-hydrogen) atoms. The Morgan fingerprint density at radius 2 is 1.90 bits per heavy atom. The number of piperazine rings is 1. The molecule has 2 rings (SSSR count). The summed E-state index contributed by atoms with van der Waals surface area (Å²) in [5.74, 6) is -0.677. The fourth-order valence-corrected chi connectivity index (χ4v) is 2.19. The zero-order chi connectivity index (χ0) is 14.0. The van der Waals surface area contributed by atoms with Crippen LogP contribution in [-0.4, -0.2) is 60.3 Å². The Kier molecular flexibility index (Phi) is 5.82. The van der Waals surface area contributed by atoms with E-state index in [0.717, 1.165) is 5.56 Å². The Morgan fingerprint density at radius 1 is 1.30 bits per heavy atom. The summed E-state index contributed by atoms with van der Waals surface area (Å²) >= 11 is 0. The molecule has 5 nitrogen and oxygen atoms in total. The van der Waals surface area contributed by atoms with Gasteiger partial charge in [-0.3, -0.25) is 14.5 Å². The van der Waals surface area contributed by atoms with E-state index in [0.29, 0.717) is 6.54 Å². The van der Waals surface area contributed by atoms with Crippen molar-refractivity contribution >= 4 is 30.7 Å². The maximum atomic E-state index is 12.3. The Balaban J connectivity index is 0.00000200. The van der Waals surface area contributed by atoms with Gasteiger partial charge in [0.05, 0.1) is 6.04 Å². The predicted octanol–water partition coefficient (Wildman–Crippen LogP) is 0.720. The molecule has 6 heteroatoms. The van der Waals surface area contributed by atoms with E-state index < -0.39 is 5.97 Å². The van der Waals surface area contributed by atoms with Gasteiger partial charge in [-0.1, -0.05) is 30.3 Å². The van der Waals surface area contributed by atoms with Crippen LogP contribution in [0.5, 0.6) is 0 Å². The summed E-state index contributed by atoms with van der Waals surface area (Å²) in [6.45, 7) is 3.74. The number of carbonyl (C=O) groups excluding carboxylic acids is 2. The van der Waals surface area contributed by atoms with Crippen LogP contribution in [0.15, 0.2) is 30.3 Å². The number of rotatable bonds is 2. The first-order valence-electron chi connectivity index (χ1n) is 6.27. The van der Waals surface area contributed by atoms with Crippen molar-refractivity contribution in [3.8, 4) is 0 Å². The first-order valence-corrected chi connectivity index (χ1v) is 6.27. The SMILES string of the molecule is CC(=O)ON1C(=O)[C@@H](C)N(C)CC1c1ccccc1.[LiH]. The van der Waals surface area contributed by atoms with Crippen molar-refractivity contribution in [2.24, 2.45) is 0 Å². The van der Waals surface area contributed by atoms with E-state index in [4.69, 9.17) is 4.84 Å². The first-order chi connectivity index (χ1) is 9.00. The molecule has 0 radical (unpaired) electrons. The number of hydrogen-bond acceptors (Lipinski definition) is 4. The predicted molar refractivity (Wildman–Crippen MR) is 77.0 cm³/mol. The third-order valence-electron chi connectivity index (χ3n) is 3.39. The molecule has 0 aliphatic carbocycles. The van der Waals surface area contributed by atoms with Crippen molar-refractivity contribution in [2.75, 3.05) is 13.6 Å². The van der Waals surface area contributed by atoms with Gasteiger partial charge in [-0.25, -0.2) is 0 Å². The quantitative estimate of drug-likeness (QED) is 0.743. The summed E-state index contributed by atoms with van der Waals surface area (Å²) in [4.78, 5) is 30.5. The van der Waals surface area contributed by atoms with Crippen LogP contribution in [0.1, 0.15) is 25.5 Å². The summed E-state index contributed by atoms with van der Waals surface area (Å²) in [6, 6.07) is 9.03. The standard InChI is InChI=1S/C14H18N2O3.Li.H/c1-10-14(18)16(19-11(2)17)13(9-15(10)3)12-7-5-4-6-8-12;;/h4-8,10,13H,9H2,1-3H3;;/t10-,13?;;/m1../s1. The maximum absolute atomic E-state index is 12.3. The molecule has 1 saturated heterocycles. The molecule has 0 aromatic heterocycles. The minimum atomic E-state index is -0.481. The van der Waals surface area contributed by atoms with Crippen LogP contribution < -0.4 is 0 Å². The summed E-state index contributed by atoms with van der Waals surface area (Å²) in [5.41, 5.74) is 0.954. The van der Waals surface area contributed by atoms with Gasteiger partial charge in [0.2, 0.25) is 0 Å². The Morgan fingerprint density at radius 3 is 2.45 bits per heavy atom. The van der Waals surface area contributed by atoms with Crippen LogP contribution in [0.2, 0.25) is 0 Å². The molecule has 1 fully saturated rings. The van der Waals surface area contributed by atoms with E-state index in [1.807, 2.05) is 42.3 Å². The van der Waals surface area contributed by atoms with Crippen LogP contribution in [0, 0.1) is 0 Å². The molecule has 0 spiro atoms. The van der Waals surface area contributed by atoms with E-state index >= 15 is 0 Å². The van der Waals surface area contributed by atoms with Crippen LogP contribution in [0.25, 0.3) is 0 Å². The molecular formula is C14H19LiN2O3. The van der Waals surface area contributed by atoms with Gasteiger partial charge in [-0.05, 0) is 19.5 Å². The topological polar surface area (TPSA) is 49.9 Å². The van der Waals surface area contributed by atoms with Gasteiger partial charge in [-0.2, -0.15) is 5.06 Å². The number of hydrogen-bond donors (Lipinski definition) is 0. The molecule has 0 bridgehead atoms. The number of carbonyl (C=O) groups is 2. The van der Waals surface area contributed by atoms with Crippen molar-refractivity contribution in [3.05, 3.63) is 35.9 Å². The third kappa shape index (κ3) is 3.43. The van der Waals surface area contributed by atoms with Gasteiger partial charge in [0.1, 0.15) is 6.04 Å². The van der Waals surface area contributed by atoms with Gasteiger partial charge >= 0.3 is 24.8 Å². The second-order valence-electron chi connectivity index (χ2n) is 4.79. The molecule has 0 N–H and O–H groups in total. The summed E-state index contributed by atoms with van der Waals surface area (Å²) < 4.78 is 0. The average molecular weight is 270 g/mol. The van der Waals surface area contributed by atoms with E-state index in [1.54, 1.807) is 6.92 Å². The van der Waals surface area contributed by atoms with Crippen molar-refractivity contribution < 1.29 is 14.4 Å². The van der Waals surface area contributed by atoms with Crippen LogP contribution in [-0.2, 0) is 14.4 Å². The summed E-state index contributed by atoms with van der Waals surface area (Å²) in [5, 5.41) is 1.21. The number of hydroxylamine groups is 2. The van der Waals surface area contributed by atoms with Gasteiger partial charge in [0.25, 0.3) is 5.91 Å². The van der Waals surface area contributed by atoms with Gasteiger partial charge in [0.15, 0.2) is 0 Å². The fourth-order valence-electron chi connectivity index (χ4n) is 2.19. The van der Waals surface area contributed by atoms with Crippen LogP contribution >= 0.6 is 0 Å². The first kappa shape index (κ1) is 16.8. The van der Waals surface area contributed by atoms with E-state index in [2.05, 4.69) is 0 Å². The van der Waals surface area contributed by atoms with Crippen molar-refractivity contribution in [2.45, 2.75) is 25.9 Å². The van der Waals surface area contributed by atoms with Crippen molar-refractivity contribution in [1.82, 2.24) is 9.96 Å². The molecule has 1 aliphatic heterocycles. The van der Waals surface area contributed by atoms with Crippen molar-refractivity contribution in [3.63, 3.8) is 0 Å². The summed E-state index contributed by atoms with van der Waals surface area (Å²) in [7, 11) is 1.89. The second-order valence-corrected chi connectivity index (χ2v) is 4.79. The second kappa shape index (κ2) is 6.94. The summed E-state index contributed by atoms with van der Waals surface area (Å²) in [6.07, 6.45) is 0. The molecule has 2 atom stereocenters. The fraction of sp³-hybridized carbons (Fsp3) is 0.429. The van der Waals surface area contributed by atoms with Crippen LogP contribution in [0.4, 0.5) is 0 Å². The van der Waals surface area contributed by atoms with Gasteiger partial charge in [0, 0.05) is 13.5 Å². The molecule has 1 aliphatic rings. The monoisotopic (exact) mass is 270 g/mol. The molecule has 0 saturated carbocycles. The van der Waals surface area contributed by atoms with Crippen LogP contribution in [0.3, 0.4) is 0 Å². The number of benzene rings is 1. The van der Waals surface area contributed by atoms with Crippen molar-refractivity contribution in [1.29, 1.82) is 0 Å². The van der Waals surface area contributed by atoms with E-state index in [9.17, 15) is 9.59 Å². The third-order valence-corrected chi connectivity index (χ3v) is 3.39. The van der Waals surface area contributed by atoms with Gasteiger partial charge in [-0.15, -0.1) is 0 Å². The van der Waals surface area contributed by atoms with Gasteiger partial charge < -0.3 is 4.84 Å². The molecule has 1 aromatic rings. The number of amides is 1. The Bertz CT molecular complexity index is 481. The molecule has 1 amide bonds. The zero-order valence-corrected chi connectivity index (χ0v) is 11.4. The van der Waals surface area contributed by atoms with E-state index in [-0.39, 0.29) is 36.9 Å².